The van der Waals surface area contributed by atoms with Crippen molar-refractivity contribution in [3.8, 4) is 28.6 Å². The van der Waals surface area contributed by atoms with E-state index in [1.165, 1.54) is 4.90 Å². The van der Waals surface area contributed by atoms with Gasteiger partial charge < -0.3 is 59.4 Å². The number of aromatic hydroxyl groups is 1. The smallest absolute Gasteiger partial charge is 0.243 e. The number of amides is 2. The first-order chi connectivity index (χ1) is 35.8. The summed E-state index contributed by atoms with van der Waals surface area (Å²) < 4.78 is 20.9. The van der Waals surface area contributed by atoms with Crippen LogP contribution in [0.15, 0.2) is 95.9 Å². The number of nitrogens with zero attached hydrogens (tertiary/aromatic N) is 10. The number of β-amino-alcohol motifs (C(OH)–C–C–N with tert-alkyl or cyclic N) is 1. The van der Waals surface area contributed by atoms with Crippen LogP contribution in [0.3, 0.4) is 0 Å². The largest absolute Gasteiger partial charge is 0.507 e. The monoisotopic (exact) mass is 1010 g/mol. The number of hydrogen-bond donors (Lipinski definition) is 4. The van der Waals surface area contributed by atoms with Gasteiger partial charge in [-0.25, -0.2) is 9.97 Å². The number of piperidine rings is 1. The number of carbonyl (C=O) groups excluding carboxylic acids is 2. The highest BCUT2D eigenvalue weighted by Crippen LogP contribution is 2.41. The van der Waals surface area contributed by atoms with E-state index in [0.717, 1.165) is 93.2 Å². The summed E-state index contributed by atoms with van der Waals surface area (Å²) in [6, 6.07) is 22.4. The Hall–Kier alpha value is -7.25. The molecule has 4 aliphatic heterocycles. The number of aliphatic hydroxyl groups is 1. The standard InChI is InChI=1S/C55H66N12O7/c1-32(2)52(55(71)66-31-40(68)24-47(66)54(70)59-33(3)35-9-11-36(12-10-35)65-22-19-57-34(65)4)49-28-50(62-74-49)63-20-16-41(17-21-63)72-42-25-43(26-42)73-51-23-37(15-18-58-51)67-38-13-14-39(67)30-64(29-38)46-27-45(60-61-53(46)56)44-7-5-6-8-48(44)69/h5-12,15,18-19,22-23,27-28,32-33,38-43,47,52,68-69H,13-14,16-17,20-21,24-26,29-31H2,1-4H3,(H2,56,61)(H,59,70)/t33-,38?,39?,40+,42?,43?,47-,52+/m0/s1. The lowest BCUT2D eigenvalue weighted by Crippen LogP contribution is -2.54. The van der Waals surface area contributed by atoms with Gasteiger partial charge in [-0.1, -0.05) is 43.3 Å². The van der Waals surface area contributed by atoms with Gasteiger partial charge in [-0.2, -0.15) is 0 Å². The summed E-state index contributed by atoms with van der Waals surface area (Å²) in [4.78, 5) is 45.6. The van der Waals surface area contributed by atoms with E-state index in [2.05, 4.69) is 57.5 Å². The van der Waals surface area contributed by atoms with Crippen molar-refractivity contribution in [3.05, 3.63) is 109 Å². The topological polar surface area (TPSA) is 227 Å². The number of nitrogens with one attached hydrogen (secondary N) is 1. The van der Waals surface area contributed by atoms with Crippen molar-refractivity contribution >= 4 is 34.8 Å². The van der Waals surface area contributed by atoms with E-state index in [1.54, 1.807) is 18.3 Å². The molecule has 2 bridgehead atoms. The number of nitrogen functional groups attached to an aromatic ring is 1. The second kappa shape index (κ2) is 20.6. The molecule has 2 aromatic carbocycles. The maximum absolute atomic E-state index is 14.4. The number of ether oxygens (including phenoxy) is 2. The van der Waals surface area contributed by atoms with Crippen LogP contribution < -0.4 is 30.5 Å². The van der Waals surface area contributed by atoms with Gasteiger partial charge in [0, 0.05) is 112 Å². The third-order valence-electron chi connectivity index (χ3n) is 15.8. The Morgan fingerprint density at radius 2 is 1.58 bits per heavy atom. The first-order valence-corrected chi connectivity index (χ1v) is 26.2. The fourth-order valence-corrected chi connectivity index (χ4v) is 11.8. The minimum absolute atomic E-state index is 0.0284. The van der Waals surface area contributed by atoms with Gasteiger partial charge in [-0.3, -0.25) is 9.59 Å². The van der Waals surface area contributed by atoms with Crippen LogP contribution in [0.25, 0.3) is 16.9 Å². The van der Waals surface area contributed by atoms with E-state index in [1.807, 2.05) is 93.2 Å². The quantitative estimate of drug-likeness (QED) is 0.0880. The fourth-order valence-electron chi connectivity index (χ4n) is 11.8. The number of para-hydroxylation sites is 1. The number of aliphatic hydroxyl groups excluding tert-OH is 1. The minimum Gasteiger partial charge on any atom is -0.507 e. The molecule has 74 heavy (non-hydrogen) atoms. The Labute approximate surface area is 430 Å². The molecule has 5 aliphatic rings. The van der Waals surface area contributed by atoms with Crippen LogP contribution >= 0.6 is 0 Å². The van der Waals surface area contributed by atoms with E-state index in [-0.39, 0.29) is 72.9 Å². The number of carbonyl (C=O) groups is 2. The number of anilines is 4. The predicted octanol–water partition coefficient (Wildman–Crippen LogP) is 6.34. The molecule has 1 saturated carbocycles. The number of fused-ring (bicyclic) bond motifs is 2. The second-order valence-corrected chi connectivity index (χ2v) is 21.1. The lowest BCUT2D eigenvalue weighted by Gasteiger charge is -2.43. The Kier molecular flexibility index (Phi) is 13.6. The number of aromatic nitrogens is 6. The molecule has 6 aromatic rings. The van der Waals surface area contributed by atoms with Crippen molar-refractivity contribution < 1.29 is 33.8 Å². The maximum Gasteiger partial charge on any atom is 0.243 e. The van der Waals surface area contributed by atoms with Crippen molar-refractivity contribution in [3.63, 3.8) is 0 Å². The average molecular weight is 1010 g/mol. The summed E-state index contributed by atoms with van der Waals surface area (Å²) in [6.07, 6.45) is 10.5. The molecule has 388 valence electrons. The fraction of sp³-hybridized carbons (Fsp3) is 0.473. The van der Waals surface area contributed by atoms with E-state index in [0.29, 0.717) is 34.5 Å². The third-order valence-corrected chi connectivity index (χ3v) is 15.8. The zero-order valence-electron chi connectivity index (χ0n) is 42.4. The van der Waals surface area contributed by atoms with E-state index in [4.69, 9.17) is 19.7 Å². The molecular weight excluding hydrogens is 941 g/mol. The number of piperazine rings is 1. The van der Waals surface area contributed by atoms with Crippen LogP contribution in [0.2, 0.25) is 0 Å². The van der Waals surface area contributed by atoms with Crippen molar-refractivity contribution in [1.29, 1.82) is 0 Å². The van der Waals surface area contributed by atoms with Gasteiger partial charge in [0.2, 0.25) is 17.7 Å². The second-order valence-electron chi connectivity index (χ2n) is 21.1. The van der Waals surface area contributed by atoms with Gasteiger partial charge in [-0.15, -0.1) is 10.2 Å². The summed E-state index contributed by atoms with van der Waals surface area (Å²) >= 11 is 0. The number of aryl methyl sites for hydroxylation is 1. The van der Waals surface area contributed by atoms with Crippen molar-refractivity contribution in [1.82, 2.24) is 40.1 Å². The summed E-state index contributed by atoms with van der Waals surface area (Å²) in [5, 5.41) is 37.3. The highest BCUT2D eigenvalue weighted by molar-refractivity contribution is 5.91. The molecule has 5 fully saturated rings. The Morgan fingerprint density at radius 1 is 0.824 bits per heavy atom. The Bertz CT molecular complexity index is 2940. The molecule has 2 unspecified atom stereocenters. The molecule has 4 saturated heterocycles. The molecule has 0 spiro atoms. The molecule has 0 radical (unpaired) electrons. The van der Waals surface area contributed by atoms with Gasteiger partial charge >= 0.3 is 0 Å². The van der Waals surface area contributed by atoms with Crippen LogP contribution in [0.1, 0.15) is 94.8 Å². The molecule has 2 amide bonds. The van der Waals surface area contributed by atoms with E-state index < -0.39 is 18.1 Å². The van der Waals surface area contributed by atoms with Crippen molar-refractivity contribution in [2.45, 2.75) is 127 Å². The number of benzene rings is 2. The third kappa shape index (κ3) is 9.93. The van der Waals surface area contributed by atoms with Crippen LogP contribution in [0.5, 0.6) is 11.6 Å². The molecule has 19 heteroatoms. The lowest BCUT2D eigenvalue weighted by molar-refractivity contribution is -0.141. The van der Waals surface area contributed by atoms with Crippen LogP contribution in [-0.4, -0.2) is 132 Å². The number of nitrogens with two attached hydrogens (primary N) is 1. The summed E-state index contributed by atoms with van der Waals surface area (Å²) in [7, 11) is 0. The summed E-state index contributed by atoms with van der Waals surface area (Å²) in [5.41, 5.74) is 11.4. The van der Waals surface area contributed by atoms with E-state index in [9.17, 15) is 19.8 Å². The summed E-state index contributed by atoms with van der Waals surface area (Å²) in [5.74, 6) is 1.74. The molecular formula is C55H66N12O7. The number of phenolic OH excluding ortho intramolecular Hbond substituents is 1. The first kappa shape index (κ1) is 49.0. The van der Waals surface area contributed by atoms with Gasteiger partial charge in [-0.05, 0) is 87.4 Å². The van der Waals surface area contributed by atoms with Gasteiger partial charge in [0.05, 0.1) is 35.7 Å². The molecule has 19 nitrogen and oxygen atoms in total. The zero-order valence-corrected chi connectivity index (χ0v) is 42.4. The van der Waals surface area contributed by atoms with Crippen LogP contribution in [0.4, 0.5) is 23.0 Å². The van der Waals surface area contributed by atoms with Crippen molar-refractivity contribution in [2.75, 3.05) is 53.2 Å². The molecule has 4 aromatic heterocycles. The van der Waals surface area contributed by atoms with Gasteiger partial charge in [0.25, 0.3) is 0 Å². The number of imidazole rings is 1. The molecule has 11 rings (SSSR count). The highest BCUT2D eigenvalue weighted by atomic mass is 16.5. The van der Waals surface area contributed by atoms with E-state index >= 15 is 0 Å². The number of rotatable bonds is 15. The summed E-state index contributed by atoms with van der Waals surface area (Å²) in [6.45, 7) is 10.9. The zero-order chi connectivity index (χ0) is 51.2. The molecule has 1 aliphatic carbocycles. The lowest BCUT2D eigenvalue weighted by atomic mass is 9.91. The van der Waals surface area contributed by atoms with Crippen LogP contribution in [-0.2, 0) is 14.3 Å². The Morgan fingerprint density at radius 3 is 2.30 bits per heavy atom. The van der Waals surface area contributed by atoms with Crippen molar-refractivity contribution in [2.24, 2.45) is 5.92 Å². The van der Waals surface area contributed by atoms with Gasteiger partial charge in [0.15, 0.2) is 17.4 Å². The number of hydrogen-bond acceptors (Lipinski definition) is 16. The minimum atomic E-state index is -0.822. The number of phenols is 1. The maximum atomic E-state index is 14.4. The number of pyridine rings is 1. The predicted molar refractivity (Wildman–Crippen MR) is 278 cm³/mol. The molecule has 6 atom stereocenters. The Balaban J connectivity index is 0.642. The molecule has 5 N–H and O–H groups in total. The van der Waals surface area contributed by atoms with Crippen LogP contribution in [0, 0.1) is 12.8 Å². The van der Waals surface area contributed by atoms with Gasteiger partial charge in [0.1, 0.15) is 29.6 Å². The normalized spacial score (nSPS) is 23.8. The number of likely N-dealkylation sites (tertiary alicyclic amines) is 1. The average Bonchev–Trinajstić information content (AvgIpc) is 4.20. The highest BCUT2D eigenvalue weighted by Gasteiger charge is 2.45. The molecule has 8 heterocycles. The SMILES string of the molecule is Cc1nccn1-c1ccc([C@H](C)NC(=O)[C@@H]2C[C@@H](O)CN2C(=O)[C@@H](c2cc(N3CCC(OC4CC(Oc5cc(N6C7CCC6CN(c6cc(-c8ccccc8O)nnc6N)C7)ccn5)C4)CC3)no2)C(C)C)cc1. The first-order valence-electron chi connectivity index (χ1n) is 26.2.